The van der Waals surface area contributed by atoms with E-state index in [9.17, 15) is 0 Å². The maximum absolute atomic E-state index is 2.58. The van der Waals surface area contributed by atoms with E-state index in [1.54, 1.807) is 0 Å². The third-order valence-corrected chi connectivity index (χ3v) is 16.6. The molecular weight excluding hydrogens is 785 g/mol. The molecule has 310 valence electrons. The van der Waals surface area contributed by atoms with Crippen LogP contribution in [0.5, 0.6) is 0 Å². The first kappa shape index (κ1) is 40.8. The van der Waals surface area contributed by atoms with Crippen molar-refractivity contribution in [2.45, 2.75) is 103 Å². The van der Waals surface area contributed by atoms with Crippen LogP contribution < -0.4 is 0 Å². The number of thiophene rings is 2. The van der Waals surface area contributed by atoms with Crippen LogP contribution in [0.4, 0.5) is 0 Å². The van der Waals surface area contributed by atoms with Crippen molar-refractivity contribution in [1.82, 2.24) is 0 Å². The molecule has 2 unspecified atom stereocenters. The van der Waals surface area contributed by atoms with Crippen molar-refractivity contribution in [1.29, 1.82) is 0 Å². The van der Waals surface area contributed by atoms with Gasteiger partial charge in [-0.2, -0.15) is 0 Å². The van der Waals surface area contributed by atoms with Crippen molar-refractivity contribution < 1.29 is 0 Å². The van der Waals surface area contributed by atoms with Crippen LogP contribution in [0.25, 0.3) is 30.6 Å². The number of hydrogen-bond donors (Lipinski definition) is 0. The van der Waals surface area contributed by atoms with Crippen molar-refractivity contribution in [2.75, 3.05) is 0 Å². The van der Waals surface area contributed by atoms with Gasteiger partial charge in [-0.3, -0.25) is 0 Å². The van der Waals surface area contributed by atoms with Crippen LogP contribution in [-0.2, 0) is 23.7 Å². The van der Waals surface area contributed by atoms with Crippen molar-refractivity contribution >= 4 is 22.7 Å². The minimum atomic E-state index is -0.411. The van der Waals surface area contributed by atoms with Crippen molar-refractivity contribution in [2.24, 2.45) is 0 Å². The van der Waals surface area contributed by atoms with Gasteiger partial charge >= 0.3 is 0 Å². The van der Waals surface area contributed by atoms with Crippen molar-refractivity contribution in [3.05, 3.63) is 224 Å². The highest BCUT2D eigenvalue weighted by atomic mass is 32.1. The zero-order valence-electron chi connectivity index (χ0n) is 36.9. The smallest absolute Gasteiger partial charge is 0.0722 e. The zero-order valence-corrected chi connectivity index (χ0v) is 38.5. The van der Waals surface area contributed by atoms with Crippen molar-refractivity contribution in [3.8, 4) is 30.6 Å². The quantitative estimate of drug-likeness (QED) is 0.0902. The fourth-order valence-corrected chi connectivity index (χ4v) is 13.4. The van der Waals surface area contributed by atoms with Crippen LogP contribution in [0.1, 0.15) is 132 Å². The lowest BCUT2D eigenvalue weighted by atomic mass is 9.67. The zero-order chi connectivity index (χ0) is 42.3. The van der Waals surface area contributed by atoms with E-state index in [1.807, 2.05) is 22.7 Å². The van der Waals surface area contributed by atoms with Gasteiger partial charge in [0.2, 0.25) is 0 Å². The van der Waals surface area contributed by atoms with Gasteiger partial charge in [-0.15, -0.1) is 22.7 Å². The van der Waals surface area contributed by atoms with Crippen LogP contribution in [0, 0.1) is 13.8 Å². The fraction of sp³-hybridized carbons (Fsp3) is 0.267. The second-order valence-electron chi connectivity index (χ2n) is 18.0. The molecule has 2 heterocycles. The number of fused-ring (bicyclic) bond motifs is 6. The molecule has 0 amide bonds. The monoisotopic (exact) mass is 842 g/mol. The third-order valence-electron chi connectivity index (χ3n) is 14.0. The first-order valence-electron chi connectivity index (χ1n) is 23.3. The number of unbranched alkanes of at least 4 members (excludes halogenated alkanes) is 6. The molecule has 0 saturated heterocycles. The molecule has 2 heteroatoms. The molecule has 0 N–H and O–H groups in total. The molecule has 2 aliphatic carbocycles. The van der Waals surface area contributed by atoms with E-state index in [-0.39, 0.29) is 0 Å². The Balaban J connectivity index is 1.13. The number of rotatable bonds is 15. The molecule has 0 aliphatic heterocycles. The first-order chi connectivity index (χ1) is 30.5. The summed E-state index contributed by atoms with van der Waals surface area (Å²) in [5.74, 6) is 0. The predicted molar refractivity (Wildman–Crippen MR) is 267 cm³/mol. The summed E-state index contributed by atoms with van der Waals surface area (Å²) in [6, 6.07) is 61.8. The summed E-state index contributed by atoms with van der Waals surface area (Å²) in [7, 11) is 0. The van der Waals surface area contributed by atoms with Gasteiger partial charge in [-0.25, -0.2) is 0 Å². The molecule has 0 radical (unpaired) electrons. The minimum absolute atomic E-state index is 0.411. The lowest BCUT2D eigenvalue weighted by Gasteiger charge is -2.33. The summed E-state index contributed by atoms with van der Waals surface area (Å²) in [5, 5.41) is 0. The Morgan fingerprint density at radius 2 is 0.726 bits per heavy atom. The van der Waals surface area contributed by atoms with Crippen molar-refractivity contribution in [3.63, 3.8) is 0 Å². The normalized spacial score (nSPS) is 17.2. The molecule has 0 nitrogen and oxygen atoms in total. The fourth-order valence-electron chi connectivity index (χ4n) is 10.8. The molecule has 2 aromatic heterocycles. The number of aryl methyl sites for hydroxylation is 4. The van der Waals surface area contributed by atoms with Gasteiger partial charge in [0.25, 0.3) is 0 Å². The van der Waals surface area contributed by atoms with E-state index in [1.165, 1.54) is 149 Å². The molecule has 2 atom stereocenters. The Labute approximate surface area is 378 Å². The van der Waals surface area contributed by atoms with E-state index >= 15 is 0 Å². The maximum atomic E-state index is 2.58. The molecule has 0 bridgehead atoms. The van der Waals surface area contributed by atoms with E-state index < -0.39 is 10.8 Å². The Morgan fingerprint density at radius 3 is 1.10 bits per heavy atom. The van der Waals surface area contributed by atoms with Gasteiger partial charge in [-0.05, 0) is 118 Å². The molecule has 0 saturated carbocycles. The Bertz CT molecular complexity index is 2620. The highest BCUT2D eigenvalue weighted by Gasteiger charge is 2.49. The summed E-state index contributed by atoms with van der Waals surface area (Å²) >= 11 is 3.97. The van der Waals surface area contributed by atoms with E-state index in [0.717, 1.165) is 12.8 Å². The summed E-state index contributed by atoms with van der Waals surface area (Å²) in [4.78, 5) is 5.50. The second-order valence-corrected chi connectivity index (χ2v) is 20.1. The average Bonchev–Trinajstić information content (AvgIpc) is 4.07. The molecular formula is C60H58S2. The SMILES string of the molecule is CCCCCCc1ccc(C2(c3ccc(C)cc3)c3ccccc3-c3sc(-c4cc5c(s4)-c4ccccc4C5(c4ccc(C)cc4)c4ccc(CCCCCC)cc4)cc32)cc1. The molecule has 0 spiro atoms. The summed E-state index contributed by atoms with van der Waals surface area (Å²) < 4.78 is 0. The van der Waals surface area contributed by atoms with Crippen LogP contribution in [-0.4, -0.2) is 0 Å². The van der Waals surface area contributed by atoms with Gasteiger partial charge in [0.1, 0.15) is 0 Å². The van der Waals surface area contributed by atoms with Crippen LogP contribution in [0.15, 0.2) is 158 Å². The summed E-state index contributed by atoms with van der Waals surface area (Å²) in [6.07, 6.45) is 12.6. The van der Waals surface area contributed by atoms with Crippen LogP contribution in [0.3, 0.4) is 0 Å². The highest BCUT2D eigenvalue weighted by Crippen LogP contribution is 2.63. The van der Waals surface area contributed by atoms with Gasteiger partial charge in [-0.1, -0.05) is 209 Å². The maximum Gasteiger partial charge on any atom is 0.0722 e. The van der Waals surface area contributed by atoms with E-state index in [0.29, 0.717) is 0 Å². The highest BCUT2D eigenvalue weighted by molar-refractivity contribution is 7.25. The second kappa shape index (κ2) is 17.1. The third kappa shape index (κ3) is 6.77. The lowest BCUT2D eigenvalue weighted by Crippen LogP contribution is -2.28. The van der Waals surface area contributed by atoms with Gasteiger partial charge in [0.05, 0.1) is 10.8 Å². The average molecular weight is 843 g/mol. The first-order valence-corrected chi connectivity index (χ1v) is 24.9. The Hall–Kier alpha value is -5.28. The van der Waals surface area contributed by atoms with Gasteiger partial charge in [0, 0.05) is 19.5 Å². The number of hydrogen-bond acceptors (Lipinski definition) is 2. The topological polar surface area (TPSA) is 0 Å². The molecule has 10 rings (SSSR count). The summed E-state index contributed by atoms with van der Waals surface area (Å²) in [5.41, 5.74) is 18.3. The van der Waals surface area contributed by atoms with Crippen LogP contribution >= 0.6 is 22.7 Å². The standard InChI is InChI=1S/C60H58S2/c1-5-7-9-11-17-43-27-35-47(36-28-43)59(45-31-23-41(3)24-32-45)51-21-15-13-19-49(51)57-53(59)39-55(61-57)56-40-54-58(62-56)50-20-14-16-22-52(50)60(54,46-33-25-42(4)26-34-46)48-37-29-44(30-38-48)18-12-10-8-6-2/h13-16,19-40H,5-12,17-18H2,1-4H3. The lowest BCUT2D eigenvalue weighted by molar-refractivity contribution is 0.666. The van der Waals surface area contributed by atoms with E-state index in [4.69, 9.17) is 0 Å². The molecule has 6 aromatic carbocycles. The minimum Gasteiger partial charge on any atom is -0.134 e. The van der Waals surface area contributed by atoms with Gasteiger partial charge < -0.3 is 0 Å². The summed E-state index contributed by atoms with van der Waals surface area (Å²) in [6.45, 7) is 8.99. The van der Waals surface area contributed by atoms with E-state index in [2.05, 4.69) is 185 Å². The van der Waals surface area contributed by atoms with Gasteiger partial charge in [0.15, 0.2) is 0 Å². The molecule has 62 heavy (non-hydrogen) atoms. The number of benzene rings is 6. The van der Waals surface area contributed by atoms with Crippen LogP contribution in [0.2, 0.25) is 0 Å². The largest absolute Gasteiger partial charge is 0.134 e. The molecule has 0 fully saturated rings. The Kier molecular flexibility index (Phi) is 11.3. The molecule has 8 aromatic rings. The predicted octanol–water partition coefficient (Wildman–Crippen LogP) is 17.1. The Morgan fingerprint density at radius 1 is 0.371 bits per heavy atom. The molecule has 2 aliphatic rings.